The molecule has 0 radical (unpaired) electrons. The molecule has 0 aliphatic carbocycles. The van der Waals surface area contributed by atoms with Gasteiger partial charge in [-0.2, -0.15) is 5.10 Å². The van der Waals surface area contributed by atoms with E-state index < -0.39 is 0 Å². The molecular weight excluding hydrogens is 472 g/mol. The highest BCUT2D eigenvalue weighted by Gasteiger charge is 2.03. The molecule has 0 spiro atoms. The second-order valence-electron chi connectivity index (χ2n) is 6.70. The lowest BCUT2D eigenvalue weighted by atomic mass is 10.1. The van der Waals surface area contributed by atoms with Gasteiger partial charge in [-0.05, 0) is 42.7 Å². The van der Waals surface area contributed by atoms with E-state index in [2.05, 4.69) is 34.6 Å². The van der Waals surface area contributed by atoms with Crippen LogP contribution in [-0.4, -0.2) is 49.1 Å². The van der Waals surface area contributed by atoms with Crippen LogP contribution in [0.2, 0.25) is 0 Å². The van der Waals surface area contributed by atoms with E-state index in [0.717, 1.165) is 43.3 Å². The van der Waals surface area contributed by atoms with Crippen molar-refractivity contribution in [1.82, 2.24) is 20.4 Å². The highest BCUT2D eigenvalue weighted by Crippen LogP contribution is 2.09. The Hall–Kier alpha value is -1.68. The third-order valence-electron chi connectivity index (χ3n) is 4.01. The van der Waals surface area contributed by atoms with E-state index in [1.54, 1.807) is 23.9 Å². The fraction of sp³-hybridized carbons (Fsp3) is 0.500. The Kier molecular flexibility index (Phi) is 11.7. The molecule has 0 bridgehead atoms. The molecule has 0 amide bonds. The number of rotatable bonds is 10. The molecule has 0 aliphatic rings. The summed E-state index contributed by atoms with van der Waals surface area (Å²) in [6, 6.07) is 8.24. The van der Waals surface area contributed by atoms with Crippen molar-refractivity contribution in [1.29, 1.82) is 0 Å². The number of halogens is 2. The molecule has 0 fully saturated rings. The third kappa shape index (κ3) is 9.01. The molecule has 6 nitrogen and oxygen atoms in total. The summed E-state index contributed by atoms with van der Waals surface area (Å²) in [7, 11) is 1.75. The molecule has 1 aromatic carbocycles. The van der Waals surface area contributed by atoms with Crippen molar-refractivity contribution in [2.45, 2.75) is 26.7 Å². The maximum absolute atomic E-state index is 13.0. The van der Waals surface area contributed by atoms with Gasteiger partial charge in [0.15, 0.2) is 5.96 Å². The van der Waals surface area contributed by atoms with Crippen LogP contribution in [0.5, 0.6) is 0 Å². The van der Waals surface area contributed by atoms with Gasteiger partial charge in [-0.1, -0.05) is 13.8 Å². The minimum Gasteiger partial charge on any atom is -0.380 e. The maximum atomic E-state index is 13.0. The van der Waals surface area contributed by atoms with Crippen LogP contribution in [0.3, 0.4) is 0 Å². The van der Waals surface area contributed by atoms with Crippen LogP contribution in [0, 0.1) is 11.7 Å². The molecular formula is C20H31FIN5O. The summed E-state index contributed by atoms with van der Waals surface area (Å²) in [5.74, 6) is 1.17. The quantitative estimate of drug-likeness (QED) is 0.226. The highest BCUT2D eigenvalue weighted by atomic mass is 127. The van der Waals surface area contributed by atoms with Crippen molar-refractivity contribution >= 4 is 29.9 Å². The standard InChI is InChI=1S/C20H30FN5O.HI/c1-16(2)10-14-27-15-12-24-20(22-3)23-11-8-18-9-13-26(25-18)19-6-4-17(21)5-7-19;/h4-7,9,13,16H,8,10-12,14-15H2,1-3H3,(H2,22,23,24);1H. The molecule has 1 heterocycles. The molecule has 0 unspecified atom stereocenters. The molecule has 156 valence electrons. The molecule has 8 heteroatoms. The van der Waals surface area contributed by atoms with Gasteiger partial charge in [0, 0.05) is 39.4 Å². The number of nitrogens with one attached hydrogen (secondary N) is 2. The first kappa shape index (κ1) is 24.4. The van der Waals surface area contributed by atoms with Gasteiger partial charge in [0.2, 0.25) is 0 Å². The normalized spacial score (nSPS) is 11.4. The lowest BCUT2D eigenvalue weighted by Crippen LogP contribution is -2.39. The number of aliphatic imine (C=N–C) groups is 1. The van der Waals surface area contributed by atoms with Gasteiger partial charge in [0.05, 0.1) is 18.0 Å². The van der Waals surface area contributed by atoms with E-state index in [0.29, 0.717) is 19.1 Å². The predicted octanol–water partition coefficient (Wildman–Crippen LogP) is 3.40. The van der Waals surface area contributed by atoms with Gasteiger partial charge in [0.1, 0.15) is 5.82 Å². The molecule has 28 heavy (non-hydrogen) atoms. The zero-order valence-corrected chi connectivity index (χ0v) is 19.2. The average molecular weight is 503 g/mol. The van der Waals surface area contributed by atoms with E-state index in [4.69, 9.17) is 4.74 Å². The van der Waals surface area contributed by atoms with Gasteiger partial charge in [-0.3, -0.25) is 4.99 Å². The van der Waals surface area contributed by atoms with Gasteiger partial charge in [-0.15, -0.1) is 24.0 Å². The minimum atomic E-state index is -0.250. The Bertz CT molecular complexity index is 703. The summed E-state index contributed by atoms with van der Waals surface area (Å²) in [6.45, 7) is 7.27. The topological polar surface area (TPSA) is 63.5 Å². The number of hydrogen-bond acceptors (Lipinski definition) is 3. The molecule has 0 atom stereocenters. The molecule has 2 N–H and O–H groups in total. The molecule has 2 aromatic rings. The molecule has 2 rings (SSSR count). The maximum Gasteiger partial charge on any atom is 0.191 e. The van der Waals surface area contributed by atoms with Gasteiger partial charge >= 0.3 is 0 Å². The lowest BCUT2D eigenvalue weighted by molar-refractivity contribution is 0.128. The van der Waals surface area contributed by atoms with E-state index in [1.165, 1.54) is 12.1 Å². The summed E-state index contributed by atoms with van der Waals surface area (Å²) in [5, 5.41) is 11.0. The van der Waals surface area contributed by atoms with Crippen molar-refractivity contribution in [3.8, 4) is 5.69 Å². The smallest absolute Gasteiger partial charge is 0.191 e. The van der Waals surface area contributed by atoms with Gasteiger partial charge < -0.3 is 15.4 Å². The third-order valence-corrected chi connectivity index (χ3v) is 4.01. The monoisotopic (exact) mass is 503 g/mol. The fourth-order valence-corrected chi connectivity index (χ4v) is 2.42. The Balaban J connectivity index is 0.00000392. The highest BCUT2D eigenvalue weighted by molar-refractivity contribution is 14.0. The number of guanidine groups is 1. The van der Waals surface area contributed by atoms with Crippen LogP contribution in [0.25, 0.3) is 5.69 Å². The van der Waals surface area contributed by atoms with Gasteiger partial charge in [0.25, 0.3) is 0 Å². The Morgan fingerprint density at radius 1 is 1.14 bits per heavy atom. The number of ether oxygens (including phenoxy) is 1. The zero-order chi connectivity index (χ0) is 19.5. The zero-order valence-electron chi connectivity index (χ0n) is 16.8. The van der Waals surface area contributed by atoms with Crippen molar-refractivity contribution < 1.29 is 9.13 Å². The Morgan fingerprint density at radius 3 is 2.54 bits per heavy atom. The van der Waals surface area contributed by atoms with Crippen molar-refractivity contribution in [2.75, 3.05) is 33.4 Å². The Morgan fingerprint density at radius 2 is 1.86 bits per heavy atom. The molecule has 1 aromatic heterocycles. The van der Waals surface area contributed by atoms with Crippen LogP contribution in [0.1, 0.15) is 26.0 Å². The minimum absolute atomic E-state index is 0. The molecule has 0 saturated heterocycles. The summed E-state index contributed by atoms with van der Waals surface area (Å²) in [5.41, 5.74) is 1.80. The average Bonchev–Trinajstić information content (AvgIpc) is 3.12. The first-order valence-corrected chi connectivity index (χ1v) is 9.41. The number of aromatic nitrogens is 2. The second kappa shape index (κ2) is 13.5. The first-order chi connectivity index (χ1) is 13.1. The van der Waals surface area contributed by atoms with Crippen LogP contribution >= 0.6 is 24.0 Å². The predicted molar refractivity (Wildman–Crippen MR) is 122 cm³/mol. The van der Waals surface area contributed by atoms with E-state index in [1.807, 2.05) is 12.3 Å². The fourth-order valence-electron chi connectivity index (χ4n) is 2.42. The second-order valence-corrected chi connectivity index (χ2v) is 6.70. The first-order valence-electron chi connectivity index (χ1n) is 9.41. The summed E-state index contributed by atoms with van der Waals surface area (Å²) in [6.07, 6.45) is 3.72. The Labute approximate surface area is 184 Å². The summed E-state index contributed by atoms with van der Waals surface area (Å²) in [4.78, 5) is 4.20. The summed E-state index contributed by atoms with van der Waals surface area (Å²) >= 11 is 0. The van der Waals surface area contributed by atoms with Crippen LogP contribution in [0.15, 0.2) is 41.5 Å². The number of benzene rings is 1. The van der Waals surface area contributed by atoms with Crippen molar-refractivity contribution in [3.63, 3.8) is 0 Å². The largest absolute Gasteiger partial charge is 0.380 e. The van der Waals surface area contributed by atoms with Crippen LogP contribution in [-0.2, 0) is 11.2 Å². The van der Waals surface area contributed by atoms with E-state index in [-0.39, 0.29) is 29.8 Å². The van der Waals surface area contributed by atoms with Crippen molar-refractivity contribution in [3.05, 3.63) is 48.0 Å². The summed E-state index contributed by atoms with van der Waals surface area (Å²) < 4.78 is 20.3. The molecule has 0 aliphatic heterocycles. The number of nitrogens with zero attached hydrogens (tertiary/aromatic N) is 3. The van der Waals surface area contributed by atoms with Crippen molar-refractivity contribution in [2.24, 2.45) is 10.9 Å². The van der Waals surface area contributed by atoms with E-state index in [9.17, 15) is 4.39 Å². The van der Waals surface area contributed by atoms with Crippen LogP contribution < -0.4 is 10.6 Å². The van der Waals surface area contributed by atoms with Gasteiger partial charge in [-0.25, -0.2) is 9.07 Å². The van der Waals surface area contributed by atoms with Crippen LogP contribution in [0.4, 0.5) is 4.39 Å². The lowest BCUT2D eigenvalue weighted by Gasteiger charge is -2.12. The van der Waals surface area contributed by atoms with E-state index >= 15 is 0 Å². The SMILES string of the molecule is CN=C(NCCOCCC(C)C)NCCc1ccn(-c2ccc(F)cc2)n1.I. The molecule has 0 saturated carbocycles. The number of hydrogen-bond donors (Lipinski definition) is 2.